The molecule has 2 heteroatoms. The van der Waals surface area contributed by atoms with Crippen molar-refractivity contribution >= 4 is 0 Å². The van der Waals surface area contributed by atoms with Gasteiger partial charge in [-0.25, -0.2) is 0 Å². The topological polar surface area (TPSA) is 47.6 Å². The van der Waals surface area contributed by atoms with E-state index in [1.165, 1.54) is 5.56 Å². The van der Waals surface area contributed by atoms with Crippen LogP contribution in [0.15, 0.2) is 18.2 Å². The van der Waals surface area contributed by atoms with Gasteiger partial charge in [0.2, 0.25) is 0 Å². The zero-order valence-electron chi connectivity index (χ0n) is 9.83. The summed E-state index contributed by atoms with van der Waals surface area (Å²) in [6.07, 6.45) is 3.35. The van der Waals surface area contributed by atoms with E-state index >= 15 is 0 Å². The average Bonchev–Trinajstić information content (AvgIpc) is 2.35. The van der Waals surface area contributed by atoms with Crippen molar-refractivity contribution < 1.29 is 0 Å². The normalized spacial score (nSPS) is 11.5. The van der Waals surface area contributed by atoms with Crippen LogP contribution in [0.2, 0.25) is 0 Å². The van der Waals surface area contributed by atoms with Gasteiger partial charge in [0.15, 0.2) is 0 Å². The van der Waals surface area contributed by atoms with E-state index in [-0.39, 0.29) is 0 Å². The maximum atomic E-state index is 8.96. The second-order valence-electron chi connectivity index (χ2n) is 3.92. The number of nitrogens with zero attached hydrogens (tertiary/aromatic N) is 2. The van der Waals surface area contributed by atoms with Gasteiger partial charge in [-0.3, -0.25) is 0 Å². The minimum atomic E-state index is 0.470. The summed E-state index contributed by atoms with van der Waals surface area (Å²) in [6, 6.07) is 9.72. The third-order valence-corrected chi connectivity index (χ3v) is 2.89. The first kappa shape index (κ1) is 12.3. The lowest BCUT2D eigenvalue weighted by molar-refractivity contribution is 0.596. The molecule has 0 heterocycles. The molecule has 82 valence electrons. The van der Waals surface area contributed by atoms with Crippen LogP contribution in [0, 0.1) is 22.7 Å². The predicted octanol–water partition coefficient (Wildman–Crippen LogP) is 3.72. The Labute approximate surface area is 97.1 Å². The Morgan fingerprint density at radius 1 is 1.12 bits per heavy atom. The van der Waals surface area contributed by atoms with Gasteiger partial charge < -0.3 is 0 Å². The van der Waals surface area contributed by atoms with Crippen LogP contribution < -0.4 is 0 Å². The van der Waals surface area contributed by atoms with E-state index in [4.69, 9.17) is 10.5 Å². The molecular weight excluding hydrogens is 196 g/mol. The van der Waals surface area contributed by atoms with Gasteiger partial charge in [0.25, 0.3) is 0 Å². The lowest BCUT2D eigenvalue weighted by Gasteiger charge is -2.14. The van der Waals surface area contributed by atoms with Gasteiger partial charge in [-0.05, 0) is 36.5 Å². The van der Waals surface area contributed by atoms with E-state index in [2.05, 4.69) is 19.9 Å². The van der Waals surface area contributed by atoms with E-state index in [9.17, 15) is 0 Å². The summed E-state index contributed by atoms with van der Waals surface area (Å²) >= 11 is 0. The first-order chi connectivity index (χ1) is 7.76. The highest BCUT2D eigenvalue weighted by Crippen LogP contribution is 2.26. The lowest BCUT2D eigenvalue weighted by atomic mass is 9.90. The molecule has 1 aromatic carbocycles. The summed E-state index contributed by atoms with van der Waals surface area (Å²) in [5, 5.41) is 17.8. The van der Waals surface area contributed by atoms with Crippen molar-refractivity contribution in [1.29, 1.82) is 10.5 Å². The highest BCUT2D eigenvalue weighted by molar-refractivity contribution is 5.47. The molecule has 1 aromatic rings. The molecule has 0 saturated carbocycles. The molecule has 0 amide bonds. The van der Waals surface area contributed by atoms with E-state index in [1.54, 1.807) is 6.07 Å². The van der Waals surface area contributed by atoms with Gasteiger partial charge in [0.1, 0.15) is 12.1 Å². The molecule has 2 nitrogen and oxygen atoms in total. The van der Waals surface area contributed by atoms with Crippen LogP contribution in [-0.2, 0) is 0 Å². The summed E-state index contributed by atoms with van der Waals surface area (Å²) in [4.78, 5) is 0. The summed E-state index contributed by atoms with van der Waals surface area (Å²) < 4.78 is 0. The molecule has 1 rings (SSSR count). The van der Waals surface area contributed by atoms with E-state index in [0.717, 1.165) is 19.3 Å². The van der Waals surface area contributed by atoms with Crippen molar-refractivity contribution in [2.45, 2.75) is 39.0 Å². The molecule has 0 spiro atoms. The van der Waals surface area contributed by atoms with Crippen LogP contribution in [0.1, 0.15) is 55.7 Å². The molecular formula is C14H16N2. The Hall–Kier alpha value is -1.80. The summed E-state index contributed by atoms with van der Waals surface area (Å²) in [7, 11) is 0. The monoisotopic (exact) mass is 212 g/mol. The van der Waals surface area contributed by atoms with E-state index < -0.39 is 0 Å². The van der Waals surface area contributed by atoms with Gasteiger partial charge in [0.05, 0.1) is 11.1 Å². The SMILES string of the molecule is CCCC(CC)c1ccc(C#N)c(C#N)c1. The first-order valence-electron chi connectivity index (χ1n) is 5.70. The van der Waals surface area contributed by atoms with Crippen molar-refractivity contribution in [3.8, 4) is 12.1 Å². The Kier molecular flexibility index (Phi) is 4.55. The molecule has 0 N–H and O–H groups in total. The highest BCUT2D eigenvalue weighted by Gasteiger charge is 2.10. The molecule has 1 unspecified atom stereocenters. The lowest BCUT2D eigenvalue weighted by Crippen LogP contribution is -1.98. The second-order valence-corrected chi connectivity index (χ2v) is 3.92. The van der Waals surface area contributed by atoms with Gasteiger partial charge in [-0.15, -0.1) is 0 Å². The third kappa shape index (κ3) is 2.61. The van der Waals surface area contributed by atoms with Gasteiger partial charge >= 0.3 is 0 Å². The van der Waals surface area contributed by atoms with Crippen molar-refractivity contribution in [3.05, 3.63) is 34.9 Å². The molecule has 16 heavy (non-hydrogen) atoms. The largest absolute Gasteiger partial charge is 0.192 e. The second kappa shape index (κ2) is 5.93. The number of nitriles is 2. The predicted molar refractivity (Wildman–Crippen MR) is 63.8 cm³/mol. The molecule has 0 aliphatic heterocycles. The molecule has 0 aliphatic rings. The Balaban J connectivity index is 3.08. The molecule has 0 saturated heterocycles. The fourth-order valence-electron chi connectivity index (χ4n) is 1.96. The quantitative estimate of drug-likeness (QED) is 0.763. The van der Waals surface area contributed by atoms with E-state index in [0.29, 0.717) is 17.0 Å². The smallest absolute Gasteiger partial charge is 0.101 e. The number of hydrogen-bond donors (Lipinski definition) is 0. The minimum absolute atomic E-state index is 0.470. The summed E-state index contributed by atoms with van der Waals surface area (Å²) in [6.45, 7) is 4.32. The zero-order chi connectivity index (χ0) is 12.0. The summed E-state index contributed by atoms with van der Waals surface area (Å²) in [5.74, 6) is 0.504. The summed E-state index contributed by atoms with van der Waals surface area (Å²) in [5.41, 5.74) is 2.15. The molecule has 0 fully saturated rings. The zero-order valence-corrected chi connectivity index (χ0v) is 9.83. The molecule has 1 atom stereocenters. The number of rotatable bonds is 4. The van der Waals surface area contributed by atoms with Gasteiger partial charge in [-0.2, -0.15) is 10.5 Å². The van der Waals surface area contributed by atoms with Crippen LogP contribution in [-0.4, -0.2) is 0 Å². The van der Waals surface area contributed by atoms with Gasteiger partial charge in [-0.1, -0.05) is 26.3 Å². The standard InChI is InChI=1S/C14H16N2/c1-3-5-11(4-2)12-6-7-13(9-15)14(8-12)10-16/h6-8,11H,3-5H2,1-2H3. The molecule has 0 aliphatic carbocycles. The maximum absolute atomic E-state index is 8.96. The minimum Gasteiger partial charge on any atom is -0.192 e. The van der Waals surface area contributed by atoms with Crippen LogP contribution in [0.25, 0.3) is 0 Å². The van der Waals surface area contributed by atoms with Crippen molar-refractivity contribution in [3.63, 3.8) is 0 Å². The van der Waals surface area contributed by atoms with Gasteiger partial charge in [0, 0.05) is 0 Å². The van der Waals surface area contributed by atoms with Crippen LogP contribution in [0.5, 0.6) is 0 Å². The van der Waals surface area contributed by atoms with Crippen molar-refractivity contribution in [1.82, 2.24) is 0 Å². The van der Waals surface area contributed by atoms with E-state index in [1.807, 2.05) is 18.2 Å². The first-order valence-corrected chi connectivity index (χ1v) is 5.70. The number of hydrogen-bond acceptors (Lipinski definition) is 2. The van der Waals surface area contributed by atoms with Crippen molar-refractivity contribution in [2.24, 2.45) is 0 Å². The molecule has 0 radical (unpaired) electrons. The Bertz CT molecular complexity index is 435. The Morgan fingerprint density at radius 2 is 1.81 bits per heavy atom. The fourth-order valence-corrected chi connectivity index (χ4v) is 1.96. The highest BCUT2D eigenvalue weighted by atomic mass is 14.3. The Morgan fingerprint density at radius 3 is 2.31 bits per heavy atom. The fraction of sp³-hybridized carbons (Fsp3) is 0.429. The molecule has 0 aromatic heterocycles. The third-order valence-electron chi connectivity index (χ3n) is 2.89. The average molecular weight is 212 g/mol. The molecule has 0 bridgehead atoms. The number of benzene rings is 1. The van der Waals surface area contributed by atoms with Crippen molar-refractivity contribution in [2.75, 3.05) is 0 Å². The van der Waals surface area contributed by atoms with Crippen LogP contribution in [0.3, 0.4) is 0 Å². The maximum Gasteiger partial charge on any atom is 0.101 e. The van der Waals surface area contributed by atoms with Crippen LogP contribution >= 0.6 is 0 Å². The van der Waals surface area contributed by atoms with Crippen LogP contribution in [0.4, 0.5) is 0 Å².